The quantitative estimate of drug-likeness (QED) is 0.680. The van der Waals surface area contributed by atoms with Crippen LogP contribution in [0.15, 0.2) is 54.7 Å². The molecule has 0 bridgehead atoms. The summed E-state index contributed by atoms with van der Waals surface area (Å²) in [5.41, 5.74) is 5.48. The third kappa shape index (κ3) is 2.41. The highest BCUT2D eigenvalue weighted by Gasteiger charge is 2.07. The van der Waals surface area contributed by atoms with Crippen molar-refractivity contribution < 1.29 is 0 Å². The maximum absolute atomic E-state index is 3.24. The van der Waals surface area contributed by atoms with Gasteiger partial charge in [0.05, 0.1) is 0 Å². The number of aromatic nitrogens is 1. The van der Waals surface area contributed by atoms with Gasteiger partial charge in [0, 0.05) is 11.7 Å². The fourth-order valence-corrected chi connectivity index (χ4v) is 2.69. The van der Waals surface area contributed by atoms with Crippen LogP contribution in [0.3, 0.4) is 0 Å². The van der Waals surface area contributed by atoms with E-state index in [0.717, 1.165) is 6.42 Å². The monoisotopic (exact) mass is 249 g/mol. The van der Waals surface area contributed by atoms with Gasteiger partial charge in [0.15, 0.2) is 0 Å². The molecule has 1 heterocycles. The van der Waals surface area contributed by atoms with Gasteiger partial charge in [0.2, 0.25) is 0 Å². The summed E-state index contributed by atoms with van der Waals surface area (Å²) in [6, 6.07) is 17.6. The fraction of sp³-hybridized carbons (Fsp3) is 0.222. The minimum Gasteiger partial charge on any atom is -0.361 e. The van der Waals surface area contributed by atoms with E-state index in [1.54, 1.807) is 0 Å². The van der Waals surface area contributed by atoms with Gasteiger partial charge < -0.3 is 4.98 Å². The van der Waals surface area contributed by atoms with Crippen LogP contribution in [0.25, 0.3) is 10.9 Å². The third-order valence-corrected chi connectivity index (χ3v) is 3.69. The molecule has 0 amide bonds. The Kier molecular flexibility index (Phi) is 3.12. The number of hydrogen-bond donors (Lipinski definition) is 1. The summed E-state index contributed by atoms with van der Waals surface area (Å²) in [4.78, 5) is 3.24. The third-order valence-electron chi connectivity index (χ3n) is 3.69. The van der Waals surface area contributed by atoms with Crippen molar-refractivity contribution in [2.24, 2.45) is 0 Å². The highest BCUT2D eigenvalue weighted by Crippen LogP contribution is 2.23. The van der Waals surface area contributed by atoms with E-state index in [-0.39, 0.29) is 0 Å². The van der Waals surface area contributed by atoms with Crippen molar-refractivity contribution in [1.29, 1.82) is 0 Å². The predicted octanol–water partition coefficient (Wildman–Crippen LogP) is 4.88. The van der Waals surface area contributed by atoms with E-state index in [0.29, 0.717) is 5.92 Å². The van der Waals surface area contributed by atoms with E-state index in [2.05, 4.69) is 67.4 Å². The summed E-state index contributed by atoms with van der Waals surface area (Å²) in [5, 5.41) is 1.29. The van der Waals surface area contributed by atoms with Gasteiger partial charge in [-0.2, -0.15) is 0 Å². The van der Waals surface area contributed by atoms with Crippen LogP contribution in [-0.2, 0) is 6.42 Å². The van der Waals surface area contributed by atoms with Gasteiger partial charge in [0.1, 0.15) is 0 Å². The van der Waals surface area contributed by atoms with Gasteiger partial charge in [0.25, 0.3) is 0 Å². The van der Waals surface area contributed by atoms with Crippen LogP contribution in [0.5, 0.6) is 0 Å². The van der Waals surface area contributed by atoms with E-state index in [4.69, 9.17) is 0 Å². The zero-order valence-electron chi connectivity index (χ0n) is 11.5. The van der Waals surface area contributed by atoms with Crippen molar-refractivity contribution >= 4 is 10.9 Å². The lowest BCUT2D eigenvalue weighted by atomic mass is 9.93. The van der Waals surface area contributed by atoms with Gasteiger partial charge in [-0.15, -0.1) is 0 Å². The minimum atomic E-state index is 0.576. The molecule has 0 fully saturated rings. The van der Waals surface area contributed by atoms with Crippen molar-refractivity contribution in [1.82, 2.24) is 4.98 Å². The lowest BCUT2D eigenvalue weighted by Crippen LogP contribution is -1.97. The Hall–Kier alpha value is -2.02. The first-order chi connectivity index (χ1) is 9.24. The number of rotatable bonds is 3. The van der Waals surface area contributed by atoms with Crippen molar-refractivity contribution in [3.63, 3.8) is 0 Å². The molecule has 3 rings (SSSR count). The maximum atomic E-state index is 3.24. The molecule has 1 nitrogen and oxygen atoms in total. The average molecular weight is 249 g/mol. The molecular formula is C18H19N. The molecule has 0 aliphatic rings. The van der Waals surface area contributed by atoms with Crippen LogP contribution in [-0.4, -0.2) is 4.98 Å². The summed E-state index contributed by atoms with van der Waals surface area (Å²) in [7, 11) is 0. The van der Waals surface area contributed by atoms with Crippen LogP contribution in [0.2, 0.25) is 0 Å². The number of H-pyrrole nitrogens is 1. The number of nitrogens with one attached hydrogen (secondary N) is 1. The first kappa shape index (κ1) is 12.0. The molecule has 0 aliphatic carbocycles. The van der Waals surface area contributed by atoms with E-state index < -0.39 is 0 Å². The second-order valence-corrected chi connectivity index (χ2v) is 5.43. The molecule has 3 aromatic rings. The van der Waals surface area contributed by atoms with Crippen molar-refractivity contribution in [2.45, 2.75) is 26.2 Å². The number of hydrogen-bond acceptors (Lipinski definition) is 0. The molecule has 0 unspecified atom stereocenters. The first-order valence-corrected chi connectivity index (χ1v) is 6.88. The minimum absolute atomic E-state index is 0.576. The van der Waals surface area contributed by atoms with Crippen molar-refractivity contribution in [3.8, 4) is 0 Å². The normalized spacial score (nSPS) is 11.3. The molecule has 0 atom stereocenters. The van der Waals surface area contributed by atoms with Gasteiger partial charge in [-0.1, -0.05) is 44.2 Å². The smallest absolute Gasteiger partial charge is 0.0454 e. The van der Waals surface area contributed by atoms with Gasteiger partial charge in [-0.25, -0.2) is 0 Å². The summed E-state index contributed by atoms with van der Waals surface area (Å²) in [6.45, 7) is 4.52. The summed E-state index contributed by atoms with van der Waals surface area (Å²) in [5.74, 6) is 0.576. The molecular weight excluding hydrogens is 230 g/mol. The fourth-order valence-electron chi connectivity index (χ4n) is 2.69. The number of benzene rings is 2. The van der Waals surface area contributed by atoms with Crippen LogP contribution < -0.4 is 0 Å². The van der Waals surface area contributed by atoms with Gasteiger partial charge >= 0.3 is 0 Å². The lowest BCUT2D eigenvalue weighted by molar-refractivity contribution is 0.848. The second-order valence-electron chi connectivity index (χ2n) is 5.43. The van der Waals surface area contributed by atoms with E-state index in [1.807, 2.05) is 6.20 Å². The molecule has 19 heavy (non-hydrogen) atoms. The zero-order valence-corrected chi connectivity index (χ0v) is 11.5. The topological polar surface area (TPSA) is 15.8 Å². The number of fused-ring (bicyclic) bond motifs is 1. The van der Waals surface area contributed by atoms with Crippen LogP contribution in [0, 0.1) is 0 Å². The lowest BCUT2D eigenvalue weighted by Gasteiger charge is -2.12. The Balaban J connectivity index is 1.96. The molecule has 0 radical (unpaired) electrons. The first-order valence-electron chi connectivity index (χ1n) is 6.88. The maximum Gasteiger partial charge on any atom is 0.0454 e. The highest BCUT2D eigenvalue weighted by molar-refractivity contribution is 5.80. The molecule has 1 aromatic heterocycles. The van der Waals surface area contributed by atoms with Crippen LogP contribution >= 0.6 is 0 Å². The Morgan fingerprint density at radius 1 is 1.00 bits per heavy atom. The molecule has 0 aliphatic heterocycles. The second kappa shape index (κ2) is 4.93. The Morgan fingerprint density at radius 2 is 1.84 bits per heavy atom. The largest absolute Gasteiger partial charge is 0.361 e. The van der Waals surface area contributed by atoms with E-state index >= 15 is 0 Å². The molecule has 96 valence electrons. The molecule has 0 saturated carbocycles. The molecule has 0 spiro atoms. The zero-order chi connectivity index (χ0) is 13.2. The summed E-state index contributed by atoms with van der Waals surface area (Å²) >= 11 is 0. The molecule has 1 heteroatoms. The van der Waals surface area contributed by atoms with Gasteiger partial charge in [-0.3, -0.25) is 0 Å². The van der Waals surface area contributed by atoms with Crippen molar-refractivity contribution in [3.05, 3.63) is 71.4 Å². The summed E-state index contributed by atoms with van der Waals surface area (Å²) in [6.07, 6.45) is 3.01. The molecule has 2 aromatic carbocycles. The Bertz CT molecular complexity index is 691. The van der Waals surface area contributed by atoms with Crippen molar-refractivity contribution in [2.75, 3.05) is 0 Å². The van der Waals surface area contributed by atoms with Crippen LogP contribution in [0.1, 0.15) is 36.5 Å². The highest BCUT2D eigenvalue weighted by atomic mass is 14.7. The standard InChI is InChI=1S/C18H19N/c1-13(2)17-6-4-3-5-15(17)11-14-7-8-18-16(12-14)9-10-19-18/h3-10,12-13,19H,11H2,1-2H3. The predicted molar refractivity (Wildman–Crippen MR) is 81.6 cm³/mol. The van der Waals surface area contributed by atoms with E-state index in [1.165, 1.54) is 27.6 Å². The summed E-state index contributed by atoms with van der Waals surface area (Å²) < 4.78 is 0. The van der Waals surface area contributed by atoms with Crippen LogP contribution in [0.4, 0.5) is 0 Å². The SMILES string of the molecule is CC(C)c1ccccc1Cc1ccc2[nH]ccc2c1. The van der Waals surface area contributed by atoms with E-state index in [9.17, 15) is 0 Å². The van der Waals surface area contributed by atoms with Gasteiger partial charge in [-0.05, 0) is 52.6 Å². The average Bonchev–Trinajstić information content (AvgIpc) is 2.86. The number of aromatic amines is 1. The molecule has 1 N–H and O–H groups in total. The molecule has 0 saturated heterocycles. The Morgan fingerprint density at radius 3 is 2.68 bits per heavy atom. The Labute approximate surface area is 114 Å².